The maximum Gasteiger partial charge on any atom is 0.0571 e. The second-order valence-corrected chi connectivity index (χ2v) is 11.1. The number of para-hydroxylation sites is 1. The standard InChI is InChI=1S/C37H30N4/c1-24-20-26(40-34-12-5-3-9-30(34)32-22-38-18-16-36(32)40)8-7-11-28(24)29-15-14-27(21-25(29)2)41-35-13-6-4-10-31(35)33-23-39-19-17-37(33)41/h4-8,10,12-23H,3,9,11H2,1-2H3. The SMILES string of the molecule is CC1=C(c2ccc(-n3c4ccccc4c4cnccc43)cc2C)CC=CC(n2c3c(c4cnccc42)CCC=C3)=C1. The molecule has 0 radical (unpaired) electrons. The summed E-state index contributed by atoms with van der Waals surface area (Å²) in [7, 11) is 0. The van der Waals surface area contributed by atoms with E-state index < -0.39 is 0 Å². The van der Waals surface area contributed by atoms with Gasteiger partial charge in [-0.3, -0.25) is 9.97 Å². The third kappa shape index (κ3) is 3.67. The van der Waals surface area contributed by atoms with Crippen LogP contribution in [0.2, 0.25) is 0 Å². The van der Waals surface area contributed by atoms with Crippen molar-refractivity contribution < 1.29 is 0 Å². The van der Waals surface area contributed by atoms with Crippen LogP contribution in [-0.4, -0.2) is 19.1 Å². The van der Waals surface area contributed by atoms with Gasteiger partial charge in [-0.05, 0) is 110 Å². The number of aryl methyl sites for hydroxylation is 2. The zero-order valence-corrected chi connectivity index (χ0v) is 23.3. The Balaban J connectivity index is 1.25. The molecule has 4 aromatic heterocycles. The Morgan fingerprint density at radius 1 is 0.732 bits per heavy atom. The second kappa shape index (κ2) is 9.31. The lowest BCUT2D eigenvalue weighted by Crippen LogP contribution is -2.01. The highest BCUT2D eigenvalue weighted by Crippen LogP contribution is 2.37. The summed E-state index contributed by atoms with van der Waals surface area (Å²) in [5.74, 6) is 0. The maximum absolute atomic E-state index is 4.44. The summed E-state index contributed by atoms with van der Waals surface area (Å²) in [5, 5.41) is 3.67. The average Bonchev–Trinajstić information content (AvgIpc) is 3.45. The number of pyridine rings is 2. The smallest absolute Gasteiger partial charge is 0.0571 e. The number of benzene rings is 2. The van der Waals surface area contributed by atoms with E-state index in [1.54, 1.807) is 0 Å². The van der Waals surface area contributed by atoms with Gasteiger partial charge in [0.2, 0.25) is 0 Å². The fourth-order valence-electron chi connectivity index (χ4n) is 6.85. The van der Waals surface area contributed by atoms with Crippen molar-refractivity contribution in [2.75, 3.05) is 0 Å². The van der Waals surface area contributed by atoms with E-state index in [2.05, 4.69) is 118 Å². The monoisotopic (exact) mass is 530 g/mol. The molecule has 0 spiro atoms. The van der Waals surface area contributed by atoms with E-state index in [1.807, 2.05) is 24.8 Å². The van der Waals surface area contributed by atoms with E-state index in [0.29, 0.717) is 0 Å². The van der Waals surface area contributed by atoms with E-state index in [1.165, 1.54) is 77.6 Å². The Hall–Kier alpha value is -4.96. The van der Waals surface area contributed by atoms with Gasteiger partial charge in [-0.1, -0.05) is 36.4 Å². The number of fused-ring (bicyclic) bond motifs is 6. The first kappa shape index (κ1) is 23.9. The molecule has 0 N–H and O–H groups in total. The molecule has 4 heteroatoms. The molecule has 4 heterocycles. The number of hydrogen-bond acceptors (Lipinski definition) is 2. The lowest BCUT2D eigenvalue weighted by Gasteiger charge is -2.15. The summed E-state index contributed by atoms with van der Waals surface area (Å²) >= 11 is 0. The Bertz CT molecular complexity index is 2090. The molecular formula is C37H30N4. The summed E-state index contributed by atoms with van der Waals surface area (Å²) in [5.41, 5.74) is 13.9. The normalized spacial score (nSPS) is 15.1. The van der Waals surface area contributed by atoms with Crippen molar-refractivity contribution in [1.29, 1.82) is 0 Å². The van der Waals surface area contributed by atoms with Crippen LogP contribution in [0.3, 0.4) is 0 Å². The molecule has 2 aliphatic rings. The number of nitrogens with zero attached hydrogens (tertiary/aromatic N) is 4. The number of aromatic nitrogens is 4. The highest BCUT2D eigenvalue weighted by molar-refractivity contribution is 6.08. The molecule has 0 bridgehead atoms. The summed E-state index contributed by atoms with van der Waals surface area (Å²) in [6, 6.07) is 19.8. The third-order valence-electron chi connectivity index (χ3n) is 8.73. The van der Waals surface area contributed by atoms with Crippen molar-refractivity contribution >= 4 is 50.1 Å². The van der Waals surface area contributed by atoms with Gasteiger partial charge in [0, 0.05) is 58.0 Å². The van der Waals surface area contributed by atoms with Crippen molar-refractivity contribution in [3.05, 3.63) is 132 Å². The first-order chi connectivity index (χ1) is 20.2. The van der Waals surface area contributed by atoms with Crippen molar-refractivity contribution in [2.45, 2.75) is 33.1 Å². The lowest BCUT2D eigenvalue weighted by molar-refractivity contribution is 0.974. The molecule has 8 rings (SSSR count). The van der Waals surface area contributed by atoms with E-state index in [9.17, 15) is 0 Å². The maximum atomic E-state index is 4.44. The highest BCUT2D eigenvalue weighted by atomic mass is 15.0. The van der Waals surface area contributed by atoms with Gasteiger partial charge >= 0.3 is 0 Å². The predicted octanol–water partition coefficient (Wildman–Crippen LogP) is 9.07. The van der Waals surface area contributed by atoms with E-state index >= 15 is 0 Å². The van der Waals surface area contributed by atoms with E-state index in [4.69, 9.17) is 0 Å². The molecule has 0 saturated carbocycles. The molecule has 0 amide bonds. The quantitative estimate of drug-likeness (QED) is 0.229. The summed E-state index contributed by atoms with van der Waals surface area (Å²) in [6.07, 6.45) is 22.4. The van der Waals surface area contributed by atoms with Gasteiger partial charge in [-0.2, -0.15) is 0 Å². The molecule has 2 aromatic carbocycles. The van der Waals surface area contributed by atoms with Crippen LogP contribution in [0.1, 0.15) is 42.1 Å². The fraction of sp³-hybridized carbons (Fsp3) is 0.135. The molecule has 198 valence electrons. The zero-order valence-electron chi connectivity index (χ0n) is 23.3. The summed E-state index contributed by atoms with van der Waals surface area (Å²) < 4.78 is 4.77. The minimum atomic E-state index is 0.895. The van der Waals surface area contributed by atoms with Gasteiger partial charge < -0.3 is 9.13 Å². The lowest BCUT2D eigenvalue weighted by atomic mass is 9.94. The fourth-order valence-corrected chi connectivity index (χ4v) is 6.85. The minimum Gasteiger partial charge on any atom is -0.309 e. The van der Waals surface area contributed by atoms with Crippen LogP contribution in [-0.2, 0) is 6.42 Å². The van der Waals surface area contributed by atoms with Crippen molar-refractivity contribution in [1.82, 2.24) is 19.1 Å². The molecule has 0 atom stereocenters. The molecule has 0 saturated heterocycles. The van der Waals surface area contributed by atoms with Crippen LogP contribution in [0.25, 0.3) is 55.7 Å². The summed E-state index contributed by atoms with van der Waals surface area (Å²) in [4.78, 5) is 8.85. The van der Waals surface area contributed by atoms with Gasteiger partial charge in [0.1, 0.15) is 0 Å². The van der Waals surface area contributed by atoms with Gasteiger partial charge in [0.05, 0.1) is 16.6 Å². The zero-order chi connectivity index (χ0) is 27.5. The molecule has 41 heavy (non-hydrogen) atoms. The predicted molar refractivity (Wildman–Crippen MR) is 171 cm³/mol. The first-order valence-corrected chi connectivity index (χ1v) is 14.4. The Kier molecular flexibility index (Phi) is 5.42. The molecule has 0 aliphatic heterocycles. The molecule has 2 aliphatic carbocycles. The molecule has 6 aromatic rings. The van der Waals surface area contributed by atoms with Crippen LogP contribution < -0.4 is 0 Å². The van der Waals surface area contributed by atoms with E-state index in [0.717, 1.165) is 19.3 Å². The molecule has 4 nitrogen and oxygen atoms in total. The Labute approximate surface area is 239 Å². The van der Waals surface area contributed by atoms with Gasteiger partial charge in [0.15, 0.2) is 0 Å². The highest BCUT2D eigenvalue weighted by Gasteiger charge is 2.20. The van der Waals surface area contributed by atoms with Crippen LogP contribution in [0.15, 0.2) is 109 Å². The van der Waals surface area contributed by atoms with Gasteiger partial charge in [-0.15, -0.1) is 0 Å². The van der Waals surface area contributed by atoms with Gasteiger partial charge in [0.25, 0.3) is 0 Å². The number of allylic oxidation sites excluding steroid dienone is 7. The van der Waals surface area contributed by atoms with Crippen LogP contribution in [0.4, 0.5) is 0 Å². The Morgan fingerprint density at radius 2 is 1.51 bits per heavy atom. The molecular weight excluding hydrogens is 500 g/mol. The van der Waals surface area contributed by atoms with Gasteiger partial charge in [-0.25, -0.2) is 0 Å². The second-order valence-electron chi connectivity index (χ2n) is 11.1. The number of rotatable bonds is 3. The van der Waals surface area contributed by atoms with Crippen molar-refractivity contribution in [2.24, 2.45) is 0 Å². The van der Waals surface area contributed by atoms with Crippen LogP contribution in [0, 0.1) is 6.92 Å². The van der Waals surface area contributed by atoms with Crippen LogP contribution >= 0.6 is 0 Å². The molecule has 0 unspecified atom stereocenters. The van der Waals surface area contributed by atoms with E-state index in [-0.39, 0.29) is 0 Å². The average molecular weight is 531 g/mol. The summed E-state index contributed by atoms with van der Waals surface area (Å²) in [6.45, 7) is 4.49. The largest absolute Gasteiger partial charge is 0.309 e. The van der Waals surface area contributed by atoms with Crippen LogP contribution in [0.5, 0.6) is 0 Å². The third-order valence-corrected chi connectivity index (χ3v) is 8.73. The topological polar surface area (TPSA) is 35.6 Å². The first-order valence-electron chi connectivity index (χ1n) is 14.4. The number of hydrogen-bond donors (Lipinski definition) is 0. The van der Waals surface area contributed by atoms with Crippen molar-refractivity contribution in [3.8, 4) is 5.69 Å². The van der Waals surface area contributed by atoms with Crippen molar-refractivity contribution in [3.63, 3.8) is 0 Å². The Morgan fingerprint density at radius 3 is 2.37 bits per heavy atom. The molecule has 0 fully saturated rings. The minimum absolute atomic E-state index is 0.895.